The van der Waals surface area contributed by atoms with Gasteiger partial charge in [0.25, 0.3) is 5.69 Å². The largest absolute Gasteiger partial charge is 0.460 e. The van der Waals surface area contributed by atoms with Crippen LogP contribution in [0.25, 0.3) is 11.3 Å². The lowest BCUT2D eigenvalue weighted by molar-refractivity contribution is -0.385. The minimum absolute atomic E-state index is 0.0906. The predicted octanol–water partition coefficient (Wildman–Crippen LogP) is 4.04. The van der Waals surface area contributed by atoms with Gasteiger partial charge in [0.15, 0.2) is 0 Å². The zero-order valence-corrected chi connectivity index (χ0v) is 12.9. The lowest BCUT2D eigenvalue weighted by Gasteiger charge is -2.04. The van der Waals surface area contributed by atoms with Crippen LogP contribution in [0.15, 0.2) is 33.2 Å². The molecule has 0 aliphatic heterocycles. The van der Waals surface area contributed by atoms with E-state index in [9.17, 15) is 10.1 Å². The number of rotatable bonds is 5. The molecule has 6 heteroatoms. The molecule has 0 saturated carbocycles. The van der Waals surface area contributed by atoms with Crippen LogP contribution in [0.5, 0.6) is 0 Å². The van der Waals surface area contributed by atoms with Gasteiger partial charge in [-0.1, -0.05) is 22.9 Å². The summed E-state index contributed by atoms with van der Waals surface area (Å²) in [6.45, 7) is 5.23. The third-order valence-corrected chi connectivity index (χ3v) is 3.61. The second-order valence-corrected chi connectivity index (χ2v) is 5.28. The minimum atomic E-state index is -0.381. The Bertz CT molecular complexity index is 637. The zero-order valence-electron chi connectivity index (χ0n) is 11.3. The van der Waals surface area contributed by atoms with Gasteiger partial charge in [-0.25, -0.2) is 0 Å². The standard InChI is InChI=1S/C14H15BrN2O3/c1-3-16-8-10-4-5-14(20-10)11-7-13(17(18)19)9(2)6-12(11)15/h4-7,16H,3,8H2,1-2H3. The van der Waals surface area contributed by atoms with Crippen LogP contribution >= 0.6 is 15.9 Å². The molecule has 0 saturated heterocycles. The molecule has 0 fully saturated rings. The van der Waals surface area contributed by atoms with E-state index in [4.69, 9.17) is 4.42 Å². The van der Waals surface area contributed by atoms with Crippen LogP contribution in [-0.2, 0) is 6.54 Å². The molecular weight excluding hydrogens is 324 g/mol. The van der Waals surface area contributed by atoms with Crippen molar-refractivity contribution in [3.8, 4) is 11.3 Å². The summed E-state index contributed by atoms with van der Waals surface area (Å²) in [4.78, 5) is 10.6. The monoisotopic (exact) mass is 338 g/mol. The van der Waals surface area contributed by atoms with Gasteiger partial charge in [-0.05, 0) is 31.7 Å². The van der Waals surface area contributed by atoms with E-state index in [-0.39, 0.29) is 10.6 Å². The number of benzene rings is 1. The highest BCUT2D eigenvalue weighted by Crippen LogP contribution is 2.35. The molecule has 2 aromatic rings. The van der Waals surface area contributed by atoms with Crippen LogP contribution in [0.2, 0.25) is 0 Å². The van der Waals surface area contributed by atoms with Crippen molar-refractivity contribution in [2.45, 2.75) is 20.4 Å². The Hall–Kier alpha value is -1.66. The molecule has 1 aromatic carbocycles. The van der Waals surface area contributed by atoms with Crippen molar-refractivity contribution in [1.82, 2.24) is 5.32 Å². The van der Waals surface area contributed by atoms with Crippen LogP contribution in [0.3, 0.4) is 0 Å². The molecular formula is C14H15BrN2O3. The highest BCUT2D eigenvalue weighted by atomic mass is 79.9. The lowest BCUT2D eigenvalue weighted by Crippen LogP contribution is -2.10. The normalized spacial score (nSPS) is 10.8. The number of nitro benzene ring substituents is 1. The maximum absolute atomic E-state index is 11.0. The maximum atomic E-state index is 11.0. The molecule has 5 nitrogen and oxygen atoms in total. The number of nitro groups is 1. The fraction of sp³-hybridized carbons (Fsp3) is 0.286. The topological polar surface area (TPSA) is 68.3 Å². The molecule has 2 rings (SSSR count). The third kappa shape index (κ3) is 3.08. The van der Waals surface area contributed by atoms with Crippen molar-refractivity contribution >= 4 is 21.6 Å². The van der Waals surface area contributed by atoms with E-state index in [1.54, 1.807) is 13.0 Å². The Morgan fingerprint density at radius 2 is 2.15 bits per heavy atom. The summed E-state index contributed by atoms with van der Waals surface area (Å²) in [6, 6.07) is 6.97. The molecule has 0 bridgehead atoms. The van der Waals surface area contributed by atoms with Gasteiger partial charge >= 0.3 is 0 Å². The van der Waals surface area contributed by atoms with E-state index in [0.29, 0.717) is 23.4 Å². The lowest BCUT2D eigenvalue weighted by atomic mass is 10.1. The average molecular weight is 339 g/mol. The summed E-state index contributed by atoms with van der Waals surface area (Å²) in [5.74, 6) is 1.42. The number of hydrogen-bond donors (Lipinski definition) is 1. The summed E-state index contributed by atoms with van der Waals surface area (Å²) >= 11 is 3.43. The van der Waals surface area contributed by atoms with Crippen molar-refractivity contribution in [2.24, 2.45) is 0 Å². The average Bonchev–Trinajstić information content (AvgIpc) is 2.84. The first kappa shape index (κ1) is 14.7. The van der Waals surface area contributed by atoms with E-state index >= 15 is 0 Å². The summed E-state index contributed by atoms with van der Waals surface area (Å²) in [5, 5.41) is 14.2. The van der Waals surface area contributed by atoms with Crippen LogP contribution in [0.4, 0.5) is 5.69 Å². The molecule has 0 radical (unpaired) electrons. The van der Waals surface area contributed by atoms with Crippen molar-refractivity contribution in [2.75, 3.05) is 6.54 Å². The van der Waals surface area contributed by atoms with E-state index in [1.807, 2.05) is 19.1 Å². The van der Waals surface area contributed by atoms with Gasteiger partial charge in [0, 0.05) is 21.7 Å². The van der Waals surface area contributed by atoms with Gasteiger partial charge < -0.3 is 9.73 Å². The quantitative estimate of drug-likeness (QED) is 0.659. The number of furan rings is 1. The summed E-state index contributed by atoms with van der Waals surface area (Å²) < 4.78 is 6.49. The van der Waals surface area contributed by atoms with E-state index < -0.39 is 0 Å². The molecule has 20 heavy (non-hydrogen) atoms. The van der Waals surface area contributed by atoms with Gasteiger partial charge in [-0.15, -0.1) is 0 Å². The highest BCUT2D eigenvalue weighted by molar-refractivity contribution is 9.10. The Labute approximate surface area is 125 Å². The fourth-order valence-corrected chi connectivity index (χ4v) is 2.57. The first-order valence-electron chi connectivity index (χ1n) is 6.27. The van der Waals surface area contributed by atoms with E-state index in [0.717, 1.165) is 16.8 Å². The number of aryl methyl sites for hydroxylation is 1. The molecule has 106 valence electrons. The third-order valence-electron chi connectivity index (χ3n) is 2.96. The maximum Gasteiger partial charge on any atom is 0.273 e. The van der Waals surface area contributed by atoms with Gasteiger partial charge in [-0.2, -0.15) is 0 Å². The Kier molecular flexibility index (Phi) is 4.57. The van der Waals surface area contributed by atoms with Crippen LogP contribution in [0, 0.1) is 17.0 Å². The summed E-state index contributed by atoms with van der Waals surface area (Å²) in [7, 11) is 0. The van der Waals surface area contributed by atoms with Crippen molar-refractivity contribution in [3.05, 3.63) is 50.2 Å². The summed E-state index contributed by atoms with van der Waals surface area (Å²) in [5.41, 5.74) is 1.39. The Balaban J connectivity index is 2.39. The molecule has 0 amide bonds. The molecule has 0 unspecified atom stereocenters. The summed E-state index contributed by atoms with van der Waals surface area (Å²) in [6.07, 6.45) is 0. The zero-order chi connectivity index (χ0) is 14.7. The first-order valence-corrected chi connectivity index (χ1v) is 7.06. The predicted molar refractivity (Wildman–Crippen MR) is 80.6 cm³/mol. The number of nitrogens with one attached hydrogen (secondary N) is 1. The van der Waals surface area contributed by atoms with Gasteiger partial charge in [0.1, 0.15) is 11.5 Å². The molecule has 0 spiro atoms. The van der Waals surface area contributed by atoms with Crippen LogP contribution < -0.4 is 5.32 Å². The fourth-order valence-electron chi connectivity index (χ4n) is 1.91. The molecule has 0 aliphatic rings. The SMILES string of the molecule is CCNCc1ccc(-c2cc([N+](=O)[O-])c(C)cc2Br)o1. The number of hydrogen-bond acceptors (Lipinski definition) is 4. The van der Waals surface area contributed by atoms with Crippen LogP contribution in [0.1, 0.15) is 18.2 Å². The Morgan fingerprint density at radius 1 is 1.40 bits per heavy atom. The van der Waals surface area contributed by atoms with Gasteiger partial charge in [0.2, 0.25) is 0 Å². The highest BCUT2D eigenvalue weighted by Gasteiger charge is 2.17. The number of nitrogens with zero attached hydrogens (tertiary/aromatic N) is 1. The van der Waals surface area contributed by atoms with E-state index in [2.05, 4.69) is 21.2 Å². The second-order valence-electron chi connectivity index (χ2n) is 4.42. The van der Waals surface area contributed by atoms with Crippen molar-refractivity contribution in [3.63, 3.8) is 0 Å². The second kappa shape index (κ2) is 6.19. The Morgan fingerprint density at radius 3 is 2.80 bits per heavy atom. The van der Waals surface area contributed by atoms with Crippen molar-refractivity contribution in [1.29, 1.82) is 0 Å². The van der Waals surface area contributed by atoms with E-state index in [1.165, 1.54) is 6.07 Å². The molecule has 1 N–H and O–H groups in total. The van der Waals surface area contributed by atoms with Crippen LogP contribution in [-0.4, -0.2) is 11.5 Å². The minimum Gasteiger partial charge on any atom is -0.460 e. The molecule has 1 heterocycles. The molecule has 1 aromatic heterocycles. The molecule has 0 aliphatic carbocycles. The number of halogens is 1. The first-order chi connectivity index (χ1) is 9.52. The smallest absolute Gasteiger partial charge is 0.273 e. The molecule has 0 atom stereocenters. The van der Waals surface area contributed by atoms with Gasteiger partial charge in [0.05, 0.1) is 11.5 Å². The van der Waals surface area contributed by atoms with Gasteiger partial charge in [-0.3, -0.25) is 10.1 Å². The van der Waals surface area contributed by atoms with Crippen molar-refractivity contribution < 1.29 is 9.34 Å².